The van der Waals surface area contributed by atoms with Crippen molar-refractivity contribution in [2.24, 2.45) is 0 Å². The average molecular weight is 274 g/mol. The van der Waals surface area contributed by atoms with Crippen molar-refractivity contribution in [1.82, 2.24) is 9.80 Å². The van der Waals surface area contributed by atoms with Gasteiger partial charge in [-0.1, -0.05) is 13.3 Å². The molecule has 1 aliphatic heterocycles. The Kier molecular flexibility index (Phi) is 9.38. The lowest BCUT2D eigenvalue weighted by molar-refractivity contribution is 0.0164. The minimum atomic E-state index is -0.388. The van der Waals surface area contributed by atoms with E-state index in [1.807, 2.05) is 0 Å². The Morgan fingerprint density at radius 1 is 1.16 bits per heavy atom. The maximum Gasteiger partial charge on any atom is 0.0900 e. The van der Waals surface area contributed by atoms with Gasteiger partial charge in [0.05, 0.1) is 19.3 Å². The summed E-state index contributed by atoms with van der Waals surface area (Å²) in [4.78, 5) is 4.58. The fraction of sp³-hybridized carbons (Fsp3) is 1.00. The summed E-state index contributed by atoms with van der Waals surface area (Å²) >= 11 is 0. The second-order valence-corrected chi connectivity index (χ2v) is 5.30. The van der Waals surface area contributed by atoms with Crippen molar-refractivity contribution in [2.45, 2.75) is 32.3 Å². The molecule has 19 heavy (non-hydrogen) atoms. The first-order valence-corrected chi connectivity index (χ1v) is 7.57. The summed E-state index contributed by atoms with van der Waals surface area (Å²) in [7, 11) is 0. The molecule has 0 spiro atoms. The standard InChI is InChI=1S/C14H30N2O3/c1-2-3-11-19-13-14(18)12-16-6-4-5-15(7-8-16)9-10-17/h14,17-18H,2-13H2,1H3. The van der Waals surface area contributed by atoms with Crippen LogP contribution in [0.15, 0.2) is 0 Å². The molecule has 2 N–H and O–H groups in total. The molecule has 0 aromatic carbocycles. The molecule has 5 heteroatoms. The number of aliphatic hydroxyl groups excluding tert-OH is 2. The van der Waals surface area contributed by atoms with Gasteiger partial charge in [-0.25, -0.2) is 0 Å². The molecule has 1 aliphatic rings. The molecule has 0 aromatic rings. The Bertz CT molecular complexity index is 217. The quantitative estimate of drug-likeness (QED) is 0.587. The summed E-state index contributed by atoms with van der Waals surface area (Å²) in [6, 6.07) is 0. The molecule has 1 saturated heterocycles. The van der Waals surface area contributed by atoms with Gasteiger partial charge in [0.1, 0.15) is 0 Å². The molecule has 1 heterocycles. The number of rotatable bonds is 9. The summed E-state index contributed by atoms with van der Waals surface area (Å²) in [6.07, 6.45) is 2.90. The number of β-amino-alcohol motifs (C(OH)–C–C–N with tert-alkyl or cyclic N) is 2. The van der Waals surface area contributed by atoms with E-state index >= 15 is 0 Å². The van der Waals surface area contributed by atoms with Crippen LogP contribution in [0.4, 0.5) is 0 Å². The predicted molar refractivity (Wildman–Crippen MR) is 76.3 cm³/mol. The molecule has 0 bridgehead atoms. The number of nitrogens with zero attached hydrogens (tertiary/aromatic N) is 2. The van der Waals surface area contributed by atoms with Gasteiger partial charge in [-0.15, -0.1) is 0 Å². The molecule has 114 valence electrons. The third-order valence-corrected chi connectivity index (χ3v) is 3.52. The SMILES string of the molecule is CCCCOCC(O)CN1CCCN(CCO)CC1. The molecule has 0 radical (unpaired) electrons. The zero-order valence-electron chi connectivity index (χ0n) is 12.3. The van der Waals surface area contributed by atoms with Crippen LogP contribution in [0.5, 0.6) is 0 Å². The lowest BCUT2D eigenvalue weighted by Crippen LogP contribution is -2.38. The van der Waals surface area contributed by atoms with Crippen LogP contribution >= 0.6 is 0 Å². The number of aliphatic hydroxyl groups is 2. The Balaban J connectivity index is 2.14. The normalized spacial score (nSPS) is 20.4. The van der Waals surface area contributed by atoms with Crippen molar-refractivity contribution in [3.63, 3.8) is 0 Å². The molecule has 5 nitrogen and oxygen atoms in total. The maximum atomic E-state index is 9.94. The largest absolute Gasteiger partial charge is 0.395 e. The van der Waals surface area contributed by atoms with Crippen LogP contribution in [-0.2, 0) is 4.74 Å². The Morgan fingerprint density at radius 3 is 2.63 bits per heavy atom. The summed E-state index contributed by atoms with van der Waals surface area (Å²) in [5.41, 5.74) is 0. The van der Waals surface area contributed by atoms with Crippen molar-refractivity contribution < 1.29 is 14.9 Å². The topological polar surface area (TPSA) is 56.2 Å². The molecule has 0 aliphatic carbocycles. The predicted octanol–water partition coefficient (Wildman–Crippen LogP) is 0.164. The van der Waals surface area contributed by atoms with Gasteiger partial charge in [0.25, 0.3) is 0 Å². The van der Waals surface area contributed by atoms with Crippen molar-refractivity contribution in [2.75, 3.05) is 59.1 Å². The zero-order valence-corrected chi connectivity index (χ0v) is 12.3. The fourth-order valence-corrected chi connectivity index (χ4v) is 2.39. The van der Waals surface area contributed by atoms with Crippen LogP contribution in [0.25, 0.3) is 0 Å². The van der Waals surface area contributed by atoms with E-state index in [9.17, 15) is 5.11 Å². The first-order valence-electron chi connectivity index (χ1n) is 7.57. The number of hydrogen-bond donors (Lipinski definition) is 2. The molecule has 1 rings (SSSR count). The van der Waals surface area contributed by atoms with Gasteiger partial charge in [0, 0.05) is 32.8 Å². The van der Waals surface area contributed by atoms with Crippen molar-refractivity contribution >= 4 is 0 Å². The molecule has 0 aromatic heterocycles. The molecule has 0 saturated carbocycles. The van der Waals surface area contributed by atoms with Crippen LogP contribution in [0.3, 0.4) is 0 Å². The van der Waals surface area contributed by atoms with E-state index in [1.54, 1.807) is 0 Å². The number of unbranched alkanes of at least 4 members (excludes halogenated alkanes) is 1. The lowest BCUT2D eigenvalue weighted by atomic mass is 10.3. The average Bonchev–Trinajstić information content (AvgIpc) is 2.61. The van der Waals surface area contributed by atoms with Gasteiger partial charge < -0.3 is 14.9 Å². The van der Waals surface area contributed by atoms with Crippen molar-refractivity contribution in [3.8, 4) is 0 Å². The summed E-state index contributed by atoms with van der Waals surface area (Å²) in [5, 5.41) is 18.9. The first-order chi connectivity index (χ1) is 9.26. The summed E-state index contributed by atoms with van der Waals surface area (Å²) in [6.45, 7) is 9.01. The number of ether oxygens (including phenoxy) is 1. The van der Waals surface area contributed by atoms with E-state index in [-0.39, 0.29) is 12.7 Å². The van der Waals surface area contributed by atoms with Crippen molar-refractivity contribution in [1.29, 1.82) is 0 Å². The van der Waals surface area contributed by atoms with Gasteiger partial charge in [-0.3, -0.25) is 9.80 Å². The van der Waals surface area contributed by atoms with Crippen LogP contribution in [0, 0.1) is 0 Å². The monoisotopic (exact) mass is 274 g/mol. The minimum absolute atomic E-state index is 0.230. The Hall–Kier alpha value is -0.200. The molecular formula is C14H30N2O3. The molecule has 1 unspecified atom stereocenters. The highest BCUT2D eigenvalue weighted by Gasteiger charge is 2.17. The highest BCUT2D eigenvalue weighted by molar-refractivity contribution is 4.72. The minimum Gasteiger partial charge on any atom is -0.395 e. The van der Waals surface area contributed by atoms with E-state index < -0.39 is 0 Å². The van der Waals surface area contributed by atoms with Gasteiger partial charge in [0.15, 0.2) is 0 Å². The summed E-state index contributed by atoms with van der Waals surface area (Å²) in [5.74, 6) is 0. The van der Waals surface area contributed by atoms with Gasteiger partial charge in [-0.05, 0) is 25.9 Å². The van der Waals surface area contributed by atoms with E-state index in [1.165, 1.54) is 0 Å². The van der Waals surface area contributed by atoms with Crippen LogP contribution < -0.4 is 0 Å². The highest BCUT2D eigenvalue weighted by atomic mass is 16.5. The van der Waals surface area contributed by atoms with Gasteiger partial charge >= 0.3 is 0 Å². The Labute approximate surface area is 117 Å². The van der Waals surface area contributed by atoms with Gasteiger partial charge in [0.2, 0.25) is 0 Å². The second kappa shape index (κ2) is 10.6. The maximum absolute atomic E-state index is 9.94. The first kappa shape index (κ1) is 16.9. The Morgan fingerprint density at radius 2 is 1.89 bits per heavy atom. The highest BCUT2D eigenvalue weighted by Crippen LogP contribution is 2.04. The van der Waals surface area contributed by atoms with Crippen molar-refractivity contribution in [3.05, 3.63) is 0 Å². The van der Waals surface area contributed by atoms with Crippen LogP contribution in [0.1, 0.15) is 26.2 Å². The lowest BCUT2D eigenvalue weighted by Gasteiger charge is -2.23. The van der Waals surface area contributed by atoms with Crippen LogP contribution in [-0.4, -0.2) is 85.2 Å². The van der Waals surface area contributed by atoms with E-state index in [2.05, 4.69) is 16.7 Å². The molecule has 0 amide bonds. The molecular weight excluding hydrogens is 244 g/mol. The van der Waals surface area contributed by atoms with E-state index in [0.717, 1.165) is 58.6 Å². The molecule has 1 atom stereocenters. The van der Waals surface area contributed by atoms with Crippen LogP contribution in [0.2, 0.25) is 0 Å². The second-order valence-electron chi connectivity index (χ2n) is 5.30. The number of hydrogen-bond acceptors (Lipinski definition) is 5. The fourth-order valence-electron chi connectivity index (χ4n) is 2.39. The third kappa shape index (κ3) is 7.84. The van der Waals surface area contributed by atoms with Gasteiger partial charge in [-0.2, -0.15) is 0 Å². The van der Waals surface area contributed by atoms with E-state index in [0.29, 0.717) is 13.2 Å². The smallest absolute Gasteiger partial charge is 0.0900 e. The molecule has 1 fully saturated rings. The van der Waals surface area contributed by atoms with E-state index in [4.69, 9.17) is 9.84 Å². The summed E-state index contributed by atoms with van der Waals surface area (Å²) < 4.78 is 5.45. The zero-order chi connectivity index (χ0) is 13.9. The third-order valence-electron chi connectivity index (χ3n) is 3.52.